The second-order valence-corrected chi connectivity index (χ2v) is 6.35. The number of carbonyl (C=O) groups is 2. The molecule has 1 heterocycles. The molecule has 8 nitrogen and oxygen atoms in total. The molecule has 1 aromatic heterocycles. The summed E-state index contributed by atoms with van der Waals surface area (Å²) in [6.07, 6.45) is 1.89. The van der Waals surface area contributed by atoms with Crippen molar-refractivity contribution in [2.24, 2.45) is 0 Å². The third-order valence-corrected chi connectivity index (χ3v) is 4.30. The van der Waals surface area contributed by atoms with Gasteiger partial charge in [-0.3, -0.25) is 4.79 Å². The fourth-order valence-electron chi connectivity index (χ4n) is 1.48. The number of carboxylic acids is 1. The highest BCUT2D eigenvalue weighted by Gasteiger charge is 2.18. The predicted molar refractivity (Wildman–Crippen MR) is 75.5 cm³/mol. The van der Waals surface area contributed by atoms with E-state index in [1.54, 1.807) is 0 Å². The number of amides is 1. The van der Waals surface area contributed by atoms with E-state index in [2.05, 4.69) is 15.0 Å². The number of sulfonamides is 1. The highest BCUT2D eigenvalue weighted by molar-refractivity contribution is 7.89. The van der Waals surface area contributed by atoms with E-state index in [1.165, 1.54) is 0 Å². The number of hydrogen-bond acceptors (Lipinski definition) is 4. The first-order valence-corrected chi connectivity index (χ1v) is 7.95. The Hall–Kier alpha value is -1.87. The van der Waals surface area contributed by atoms with Crippen LogP contribution in [0, 0.1) is 0 Å². The van der Waals surface area contributed by atoms with Crippen LogP contribution in [0.1, 0.15) is 37.2 Å². The Bertz CT molecular complexity index is 608. The molecule has 0 fully saturated rings. The fourth-order valence-corrected chi connectivity index (χ4v) is 2.51. The normalized spacial score (nSPS) is 12.9. The fraction of sp³-hybridized carbons (Fsp3) is 0.500. The molecular formula is C12H19N3O5S. The zero-order chi connectivity index (χ0) is 16.0. The topological polar surface area (TPSA) is 128 Å². The van der Waals surface area contributed by atoms with Crippen molar-refractivity contribution >= 4 is 21.9 Å². The van der Waals surface area contributed by atoms with Crippen molar-refractivity contribution in [3.8, 4) is 0 Å². The van der Waals surface area contributed by atoms with E-state index < -0.39 is 16.0 Å². The number of H-pyrrole nitrogens is 1. The van der Waals surface area contributed by atoms with E-state index in [0.717, 1.165) is 18.7 Å². The molecular weight excluding hydrogens is 298 g/mol. The van der Waals surface area contributed by atoms with Gasteiger partial charge in [-0.15, -0.1) is 0 Å². The molecule has 0 saturated carbocycles. The second-order valence-electron chi connectivity index (χ2n) is 4.58. The molecule has 1 aromatic rings. The number of carboxylic acid groups (broad SMARTS) is 1. The summed E-state index contributed by atoms with van der Waals surface area (Å²) in [5.41, 5.74) is -0.218. The molecule has 1 amide bonds. The largest absolute Gasteiger partial charge is 0.477 e. The summed E-state index contributed by atoms with van der Waals surface area (Å²) >= 11 is 0. The second kappa shape index (κ2) is 7.23. The lowest BCUT2D eigenvalue weighted by Gasteiger charge is -2.11. The van der Waals surface area contributed by atoms with Crippen LogP contribution in [0.3, 0.4) is 0 Å². The zero-order valence-electron chi connectivity index (χ0n) is 11.8. The van der Waals surface area contributed by atoms with Crippen molar-refractivity contribution in [1.29, 1.82) is 0 Å². The van der Waals surface area contributed by atoms with Gasteiger partial charge in [0, 0.05) is 25.2 Å². The predicted octanol–water partition coefficient (Wildman–Crippen LogP) is 0.296. The molecule has 21 heavy (non-hydrogen) atoms. The van der Waals surface area contributed by atoms with Crippen LogP contribution in [-0.4, -0.2) is 43.0 Å². The molecule has 1 atom stereocenters. The standard InChI is InChI=1S/C12H19N3O5S/c1-3-8(2)15-11(16)4-5-14-21(19,20)9-6-10(12(17)18)13-7-9/h6-8,13-14H,3-5H2,1-2H3,(H,15,16)(H,17,18). The number of aromatic nitrogens is 1. The van der Waals surface area contributed by atoms with E-state index >= 15 is 0 Å². The van der Waals surface area contributed by atoms with Gasteiger partial charge in [0.25, 0.3) is 0 Å². The van der Waals surface area contributed by atoms with Crippen LogP contribution < -0.4 is 10.0 Å². The number of rotatable bonds is 8. The van der Waals surface area contributed by atoms with Gasteiger partial charge >= 0.3 is 5.97 Å². The van der Waals surface area contributed by atoms with E-state index in [1.807, 2.05) is 13.8 Å². The molecule has 0 spiro atoms. The molecule has 1 rings (SSSR count). The summed E-state index contributed by atoms with van der Waals surface area (Å²) in [5, 5.41) is 11.4. The molecule has 0 aliphatic heterocycles. The van der Waals surface area contributed by atoms with Crippen molar-refractivity contribution in [3.63, 3.8) is 0 Å². The summed E-state index contributed by atoms with van der Waals surface area (Å²) in [6, 6.07) is 1.06. The van der Waals surface area contributed by atoms with Crippen molar-refractivity contribution in [2.75, 3.05) is 6.54 Å². The van der Waals surface area contributed by atoms with E-state index in [4.69, 9.17) is 5.11 Å². The van der Waals surface area contributed by atoms with E-state index in [0.29, 0.717) is 0 Å². The Labute approximate surface area is 123 Å². The highest BCUT2D eigenvalue weighted by atomic mass is 32.2. The van der Waals surface area contributed by atoms with Gasteiger partial charge in [-0.2, -0.15) is 0 Å². The van der Waals surface area contributed by atoms with Crippen LogP contribution in [0.15, 0.2) is 17.2 Å². The lowest BCUT2D eigenvalue weighted by Crippen LogP contribution is -2.35. The molecule has 1 unspecified atom stereocenters. The van der Waals surface area contributed by atoms with Gasteiger partial charge < -0.3 is 15.4 Å². The SMILES string of the molecule is CCC(C)NC(=O)CCNS(=O)(=O)c1c[nH]c(C(=O)O)c1. The Kier molecular flexibility index (Phi) is 5.91. The quantitative estimate of drug-likeness (QED) is 0.548. The number of aromatic carboxylic acids is 1. The van der Waals surface area contributed by atoms with Gasteiger partial charge in [0.1, 0.15) is 10.6 Å². The van der Waals surface area contributed by atoms with Crippen LogP contribution in [0.4, 0.5) is 0 Å². The van der Waals surface area contributed by atoms with Gasteiger partial charge in [0.15, 0.2) is 0 Å². The van der Waals surface area contributed by atoms with Gasteiger partial charge in [0.2, 0.25) is 15.9 Å². The Morgan fingerprint density at radius 1 is 1.43 bits per heavy atom. The summed E-state index contributed by atoms with van der Waals surface area (Å²) in [6.45, 7) is 3.73. The minimum absolute atomic E-state index is 0.0137. The summed E-state index contributed by atoms with van der Waals surface area (Å²) in [4.78, 5) is 24.3. The first kappa shape index (κ1) is 17.2. The van der Waals surface area contributed by atoms with Gasteiger partial charge in [-0.05, 0) is 19.4 Å². The molecule has 0 aliphatic carbocycles. The third-order valence-electron chi connectivity index (χ3n) is 2.86. The lowest BCUT2D eigenvalue weighted by molar-refractivity contribution is -0.121. The van der Waals surface area contributed by atoms with Crippen molar-refractivity contribution in [3.05, 3.63) is 18.0 Å². The zero-order valence-corrected chi connectivity index (χ0v) is 12.7. The summed E-state index contributed by atoms with van der Waals surface area (Å²) in [7, 11) is -3.83. The molecule has 0 aliphatic rings. The maximum atomic E-state index is 11.9. The lowest BCUT2D eigenvalue weighted by atomic mass is 10.2. The average molecular weight is 317 g/mol. The smallest absolute Gasteiger partial charge is 0.352 e. The maximum Gasteiger partial charge on any atom is 0.352 e. The van der Waals surface area contributed by atoms with Crippen molar-refractivity contribution in [1.82, 2.24) is 15.0 Å². The monoisotopic (exact) mass is 317 g/mol. The average Bonchev–Trinajstić information content (AvgIpc) is 2.88. The number of aromatic amines is 1. The number of nitrogens with one attached hydrogen (secondary N) is 3. The van der Waals surface area contributed by atoms with Crippen molar-refractivity contribution in [2.45, 2.75) is 37.6 Å². The van der Waals surface area contributed by atoms with E-state index in [9.17, 15) is 18.0 Å². The van der Waals surface area contributed by atoms with Gasteiger partial charge in [-0.25, -0.2) is 17.9 Å². The number of hydrogen-bond donors (Lipinski definition) is 4. The van der Waals surface area contributed by atoms with Crippen molar-refractivity contribution < 1.29 is 23.1 Å². The summed E-state index contributed by atoms with van der Waals surface area (Å²) < 4.78 is 26.0. The Morgan fingerprint density at radius 2 is 2.10 bits per heavy atom. The van der Waals surface area contributed by atoms with Crippen LogP contribution in [-0.2, 0) is 14.8 Å². The molecule has 0 radical (unpaired) electrons. The summed E-state index contributed by atoms with van der Waals surface area (Å²) in [5.74, 6) is -1.49. The first-order chi connectivity index (χ1) is 9.76. The molecule has 118 valence electrons. The van der Waals surface area contributed by atoms with Crippen LogP contribution in [0.5, 0.6) is 0 Å². The van der Waals surface area contributed by atoms with Crippen LogP contribution in [0.25, 0.3) is 0 Å². The molecule has 0 bridgehead atoms. The molecule has 0 saturated heterocycles. The first-order valence-electron chi connectivity index (χ1n) is 6.47. The Balaban J connectivity index is 2.53. The molecule has 4 N–H and O–H groups in total. The highest BCUT2D eigenvalue weighted by Crippen LogP contribution is 2.10. The number of carbonyl (C=O) groups excluding carboxylic acids is 1. The third kappa shape index (κ3) is 5.20. The van der Waals surface area contributed by atoms with Gasteiger partial charge in [0.05, 0.1) is 0 Å². The minimum atomic E-state index is -3.83. The van der Waals surface area contributed by atoms with E-state index in [-0.39, 0.29) is 35.5 Å². The maximum absolute atomic E-state index is 11.9. The van der Waals surface area contributed by atoms with Gasteiger partial charge in [-0.1, -0.05) is 6.92 Å². The molecule has 9 heteroatoms. The Morgan fingerprint density at radius 3 is 2.62 bits per heavy atom. The van der Waals surface area contributed by atoms with Crippen LogP contribution >= 0.6 is 0 Å². The molecule has 0 aromatic carbocycles. The van der Waals surface area contributed by atoms with Crippen LogP contribution in [0.2, 0.25) is 0 Å². The minimum Gasteiger partial charge on any atom is -0.477 e.